The summed E-state index contributed by atoms with van der Waals surface area (Å²) in [6, 6.07) is 9.90. The molecule has 0 bridgehead atoms. The molecule has 0 aliphatic carbocycles. The summed E-state index contributed by atoms with van der Waals surface area (Å²) >= 11 is 1.66. The minimum Gasteiger partial charge on any atom is -0.481 e. The molecule has 1 amide bonds. The van der Waals surface area contributed by atoms with Crippen molar-refractivity contribution < 1.29 is 18.3 Å². The van der Waals surface area contributed by atoms with Crippen LogP contribution in [0.3, 0.4) is 0 Å². The van der Waals surface area contributed by atoms with Crippen LogP contribution in [-0.2, 0) is 4.79 Å². The Kier molecular flexibility index (Phi) is 5.04. The number of rotatable bonds is 4. The minimum absolute atomic E-state index is 0.233. The third-order valence-electron chi connectivity index (χ3n) is 3.82. The second-order valence-electron chi connectivity index (χ2n) is 5.59. The predicted molar refractivity (Wildman–Crippen MR) is 89.1 cm³/mol. The fourth-order valence-electron chi connectivity index (χ4n) is 2.58. The lowest BCUT2D eigenvalue weighted by Crippen LogP contribution is -2.39. The average molecular weight is 349 g/mol. The van der Waals surface area contributed by atoms with Crippen molar-refractivity contribution >= 4 is 17.7 Å². The summed E-state index contributed by atoms with van der Waals surface area (Å²) in [5.74, 6) is 0.316. The molecule has 2 atom stereocenters. The molecule has 3 nitrogen and oxygen atoms in total. The standard InChI is InChI=1S/C18H17F2NO2S/c1-11(23-14-5-2-12(19)3-6-14)18(22)21-16-8-9-24-17-7-4-13(20)10-15(16)17/h2-7,10-11,16H,8-9H2,1H3,(H,21,22)/t11-,16+/m0/s1. The predicted octanol–water partition coefficient (Wildman–Crippen LogP) is 4.09. The zero-order valence-corrected chi connectivity index (χ0v) is 13.9. The largest absolute Gasteiger partial charge is 0.481 e. The molecular formula is C18H17F2NO2S. The quantitative estimate of drug-likeness (QED) is 0.904. The van der Waals surface area contributed by atoms with Crippen LogP contribution in [0.15, 0.2) is 47.4 Å². The first-order chi connectivity index (χ1) is 11.5. The zero-order chi connectivity index (χ0) is 17.1. The lowest BCUT2D eigenvalue weighted by atomic mass is 10.0. The maximum Gasteiger partial charge on any atom is 0.261 e. The molecule has 0 fully saturated rings. The van der Waals surface area contributed by atoms with Crippen molar-refractivity contribution in [1.29, 1.82) is 0 Å². The molecule has 3 rings (SSSR count). The molecule has 0 radical (unpaired) electrons. The molecule has 0 unspecified atom stereocenters. The first kappa shape index (κ1) is 16.8. The van der Waals surface area contributed by atoms with E-state index in [1.54, 1.807) is 24.8 Å². The van der Waals surface area contributed by atoms with E-state index in [9.17, 15) is 13.6 Å². The van der Waals surface area contributed by atoms with E-state index in [2.05, 4.69) is 5.32 Å². The van der Waals surface area contributed by atoms with Crippen molar-refractivity contribution in [3.63, 3.8) is 0 Å². The Bertz CT molecular complexity index is 736. The number of hydrogen-bond donors (Lipinski definition) is 1. The summed E-state index contributed by atoms with van der Waals surface area (Å²) in [5.41, 5.74) is 0.800. The van der Waals surface area contributed by atoms with E-state index in [4.69, 9.17) is 4.74 Å². The van der Waals surface area contributed by atoms with E-state index >= 15 is 0 Å². The van der Waals surface area contributed by atoms with Crippen molar-refractivity contribution in [2.75, 3.05) is 5.75 Å². The second kappa shape index (κ2) is 7.21. The summed E-state index contributed by atoms with van der Waals surface area (Å²) in [4.78, 5) is 13.4. The monoisotopic (exact) mass is 349 g/mol. The van der Waals surface area contributed by atoms with Gasteiger partial charge in [0.05, 0.1) is 6.04 Å². The Morgan fingerprint density at radius 3 is 2.67 bits per heavy atom. The van der Waals surface area contributed by atoms with E-state index in [1.807, 2.05) is 0 Å². The summed E-state index contributed by atoms with van der Waals surface area (Å²) in [6.45, 7) is 1.63. The number of fused-ring (bicyclic) bond motifs is 1. The Morgan fingerprint density at radius 1 is 1.21 bits per heavy atom. The number of carbonyl (C=O) groups is 1. The van der Waals surface area contributed by atoms with Crippen molar-refractivity contribution in [3.8, 4) is 5.75 Å². The molecule has 2 aromatic rings. The molecular weight excluding hydrogens is 332 g/mol. The number of halogens is 2. The van der Waals surface area contributed by atoms with Crippen LogP contribution in [0.4, 0.5) is 8.78 Å². The van der Waals surface area contributed by atoms with Gasteiger partial charge in [-0.05, 0) is 61.4 Å². The number of thioether (sulfide) groups is 1. The Labute approximate surface area is 143 Å². The molecule has 0 aromatic heterocycles. The number of carbonyl (C=O) groups excluding carboxylic acids is 1. The van der Waals surface area contributed by atoms with E-state index in [0.29, 0.717) is 5.75 Å². The first-order valence-corrected chi connectivity index (χ1v) is 8.66. The summed E-state index contributed by atoms with van der Waals surface area (Å²) in [5, 5.41) is 2.92. The van der Waals surface area contributed by atoms with Gasteiger partial charge in [0, 0.05) is 10.6 Å². The molecule has 0 saturated heterocycles. The molecule has 1 aliphatic rings. The highest BCUT2D eigenvalue weighted by Gasteiger charge is 2.25. The van der Waals surface area contributed by atoms with Gasteiger partial charge in [-0.1, -0.05) is 0 Å². The molecule has 126 valence electrons. The number of amides is 1. The van der Waals surface area contributed by atoms with Gasteiger partial charge in [-0.2, -0.15) is 0 Å². The highest BCUT2D eigenvalue weighted by atomic mass is 32.2. The van der Waals surface area contributed by atoms with Gasteiger partial charge < -0.3 is 10.1 Å². The van der Waals surface area contributed by atoms with E-state index < -0.39 is 6.10 Å². The first-order valence-electron chi connectivity index (χ1n) is 7.68. The van der Waals surface area contributed by atoms with Gasteiger partial charge in [0.25, 0.3) is 5.91 Å². The molecule has 0 saturated carbocycles. The SMILES string of the molecule is C[C@H](Oc1ccc(F)cc1)C(=O)N[C@@H]1CCSc2ccc(F)cc21. The number of ether oxygens (including phenoxy) is 1. The molecule has 1 aliphatic heterocycles. The van der Waals surface area contributed by atoms with Crippen LogP contribution in [0, 0.1) is 11.6 Å². The van der Waals surface area contributed by atoms with Crippen LogP contribution in [0.5, 0.6) is 5.75 Å². The third-order valence-corrected chi connectivity index (χ3v) is 4.95. The topological polar surface area (TPSA) is 38.3 Å². The molecule has 1 heterocycles. The van der Waals surface area contributed by atoms with Crippen LogP contribution in [0.25, 0.3) is 0 Å². The second-order valence-corrected chi connectivity index (χ2v) is 6.73. The fourth-order valence-corrected chi connectivity index (χ4v) is 3.68. The molecule has 24 heavy (non-hydrogen) atoms. The molecule has 6 heteroatoms. The van der Waals surface area contributed by atoms with Crippen molar-refractivity contribution in [2.45, 2.75) is 30.4 Å². The van der Waals surface area contributed by atoms with Crippen LogP contribution < -0.4 is 10.1 Å². The van der Waals surface area contributed by atoms with Gasteiger partial charge >= 0.3 is 0 Å². The van der Waals surface area contributed by atoms with Crippen LogP contribution >= 0.6 is 11.8 Å². The van der Waals surface area contributed by atoms with Crippen LogP contribution in [0.2, 0.25) is 0 Å². The number of nitrogens with one attached hydrogen (secondary N) is 1. The van der Waals surface area contributed by atoms with E-state index in [-0.39, 0.29) is 23.6 Å². The van der Waals surface area contributed by atoms with Crippen LogP contribution in [-0.4, -0.2) is 17.8 Å². The van der Waals surface area contributed by atoms with Gasteiger partial charge in [-0.3, -0.25) is 4.79 Å². The lowest BCUT2D eigenvalue weighted by molar-refractivity contribution is -0.128. The summed E-state index contributed by atoms with van der Waals surface area (Å²) < 4.78 is 31.9. The third kappa shape index (κ3) is 3.87. The number of benzene rings is 2. The van der Waals surface area contributed by atoms with Crippen molar-refractivity contribution in [3.05, 3.63) is 59.7 Å². The normalized spacial score (nSPS) is 17.7. The van der Waals surface area contributed by atoms with Gasteiger partial charge in [-0.15, -0.1) is 11.8 Å². The smallest absolute Gasteiger partial charge is 0.261 e. The van der Waals surface area contributed by atoms with Crippen LogP contribution in [0.1, 0.15) is 24.9 Å². The highest BCUT2D eigenvalue weighted by molar-refractivity contribution is 7.99. The fraction of sp³-hybridized carbons (Fsp3) is 0.278. The Morgan fingerprint density at radius 2 is 1.92 bits per heavy atom. The van der Waals surface area contributed by atoms with Crippen molar-refractivity contribution in [1.82, 2.24) is 5.32 Å². The van der Waals surface area contributed by atoms with Gasteiger partial charge in [0.1, 0.15) is 17.4 Å². The Balaban J connectivity index is 1.67. The molecule has 2 aromatic carbocycles. The van der Waals surface area contributed by atoms with E-state index in [1.165, 1.54) is 36.4 Å². The highest BCUT2D eigenvalue weighted by Crippen LogP contribution is 2.36. The molecule has 1 N–H and O–H groups in total. The lowest BCUT2D eigenvalue weighted by Gasteiger charge is -2.27. The maximum atomic E-state index is 13.5. The van der Waals surface area contributed by atoms with Gasteiger partial charge in [0.2, 0.25) is 0 Å². The van der Waals surface area contributed by atoms with E-state index in [0.717, 1.165) is 22.6 Å². The van der Waals surface area contributed by atoms with Crippen molar-refractivity contribution in [2.24, 2.45) is 0 Å². The summed E-state index contributed by atoms with van der Waals surface area (Å²) in [7, 11) is 0. The average Bonchev–Trinajstić information content (AvgIpc) is 2.57. The molecule has 0 spiro atoms. The van der Waals surface area contributed by atoms with Gasteiger partial charge in [-0.25, -0.2) is 8.78 Å². The zero-order valence-electron chi connectivity index (χ0n) is 13.1. The van der Waals surface area contributed by atoms with Gasteiger partial charge in [0.15, 0.2) is 6.10 Å². The summed E-state index contributed by atoms with van der Waals surface area (Å²) in [6.07, 6.45) is -0.00194. The number of hydrogen-bond acceptors (Lipinski definition) is 3. The maximum absolute atomic E-state index is 13.5. The Hall–Kier alpha value is -2.08. The minimum atomic E-state index is -0.734.